The van der Waals surface area contributed by atoms with E-state index in [1.165, 1.54) is 11.8 Å². The Bertz CT molecular complexity index is 1540. The first kappa shape index (κ1) is 27.3. The van der Waals surface area contributed by atoms with Crippen LogP contribution in [0.2, 0.25) is 0 Å². The van der Waals surface area contributed by atoms with Crippen molar-refractivity contribution in [3.05, 3.63) is 117 Å². The van der Waals surface area contributed by atoms with E-state index in [1.807, 2.05) is 86.6 Å². The molecule has 1 aliphatic heterocycles. The van der Waals surface area contributed by atoms with Crippen molar-refractivity contribution >= 4 is 29.1 Å². The molecule has 3 aromatic carbocycles. The van der Waals surface area contributed by atoms with Crippen LogP contribution in [0, 0.1) is 25.2 Å². The monoisotopic (exact) mass is 549 g/mol. The molecule has 0 aromatic heterocycles. The number of amides is 1. The normalized spacial score (nSPS) is 16.6. The first-order valence-corrected chi connectivity index (χ1v) is 14.4. The van der Waals surface area contributed by atoms with Crippen molar-refractivity contribution in [3.8, 4) is 11.8 Å². The summed E-state index contributed by atoms with van der Waals surface area (Å²) in [7, 11) is 0. The number of ketones is 1. The van der Waals surface area contributed by atoms with Gasteiger partial charge in [0, 0.05) is 23.4 Å². The number of hydrogen-bond acceptors (Lipinski definition) is 6. The van der Waals surface area contributed by atoms with Gasteiger partial charge in [0.1, 0.15) is 12.4 Å². The number of benzene rings is 3. The molecule has 0 bridgehead atoms. The number of aryl methyl sites for hydroxylation is 2. The Morgan fingerprint density at radius 1 is 1.07 bits per heavy atom. The molecule has 1 aliphatic carbocycles. The van der Waals surface area contributed by atoms with Gasteiger partial charge in [-0.1, -0.05) is 66.4 Å². The molecule has 0 saturated heterocycles. The number of ether oxygens (including phenoxy) is 1. The van der Waals surface area contributed by atoms with Crippen LogP contribution in [-0.2, 0) is 16.2 Å². The molecule has 1 amide bonds. The van der Waals surface area contributed by atoms with Gasteiger partial charge in [0.15, 0.2) is 5.78 Å². The number of nitrogens with zero attached hydrogens (tertiary/aromatic N) is 1. The molecule has 1 unspecified atom stereocenters. The van der Waals surface area contributed by atoms with Gasteiger partial charge in [-0.25, -0.2) is 0 Å². The number of Topliss-reactive ketones (excluding diaryl/α,β-unsaturated/α-hetero) is 1. The first-order valence-electron chi connectivity index (χ1n) is 13.4. The van der Waals surface area contributed by atoms with Gasteiger partial charge < -0.3 is 15.4 Å². The van der Waals surface area contributed by atoms with Crippen LogP contribution >= 0.6 is 11.8 Å². The zero-order valence-electron chi connectivity index (χ0n) is 22.6. The lowest BCUT2D eigenvalue weighted by Gasteiger charge is -2.33. The van der Waals surface area contributed by atoms with E-state index >= 15 is 0 Å². The Morgan fingerprint density at radius 3 is 2.60 bits per heavy atom. The lowest BCUT2D eigenvalue weighted by atomic mass is 9.77. The van der Waals surface area contributed by atoms with Crippen LogP contribution in [0.1, 0.15) is 47.4 Å². The van der Waals surface area contributed by atoms with Crippen molar-refractivity contribution in [1.82, 2.24) is 5.32 Å². The van der Waals surface area contributed by atoms with Crippen LogP contribution < -0.4 is 15.4 Å². The van der Waals surface area contributed by atoms with Crippen LogP contribution in [0.15, 0.2) is 94.7 Å². The fraction of sp³-hybridized carbons (Fsp3) is 0.242. The number of carbonyl (C=O) groups is 2. The number of nitriles is 1. The Kier molecular flexibility index (Phi) is 8.37. The Balaban J connectivity index is 1.37. The molecule has 2 aliphatic rings. The Hall–Kier alpha value is -4.28. The van der Waals surface area contributed by atoms with Gasteiger partial charge in [-0.3, -0.25) is 9.59 Å². The smallest absolute Gasteiger partial charge is 0.234 e. The summed E-state index contributed by atoms with van der Waals surface area (Å²) in [5.74, 6) is 0.276. The van der Waals surface area contributed by atoms with Gasteiger partial charge in [-0.2, -0.15) is 5.26 Å². The molecular weight excluding hydrogens is 518 g/mol. The maximum Gasteiger partial charge on any atom is 0.234 e. The van der Waals surface area contributed by atoms with Crippen LogP contribution in [0.3, 0.4) is 0 Å². The zero-order chi connectivity index (χ0) is 28.1. The van der Waals surface area contributed by atoms with E-state index in [4.69, 9.17) is 4.74 Å². The van der Waals surface area contributed by atoms with Gasteiger partial charge >= 0.3 is 0 Å². The highest BCUT2D eigenvalue weighted by Crippen LogP contribution is 2.44. The van der Waals surface area contributed by atoms with E-state index in [0.717, 1.165) is 46.5 Å². The molecule has 0 radical (unpaired) electrons. The van der Waals surface area contributed by atoms with Crippen LogP contribution in [0.5, 0.6) is 5.75 Å². The van der Waals surface area contributed by atoms with E-state index in [2.05, 4.69) is 16.7 Å². The lowest BCUT2D eigenvalue weighted by Crippen LogP contribution is -2.31. The second-order valence-electron chi connectivity index (χ2n) is 10.1. The number of nitrogens with one attached hydrogen (secondary N) is 2. The Morgan fingerprint density at radius 2 is 1.85 bits per heavy atom. The second kappa shape index (κ2) is 12.3. The van der Waals surface area contributed by atoms with Gasteiger partial charge in [0.25, 0.3) is 0 Å². The lowest BCUT2D eigenvalue weighted by molar-refractivity contribution is -0.116. The van der Waals surface area contributed by atoms with E-state index in [1.54, 1.807) is 0 Å². The van der Waals surface area contributed by atoms with Crippen LogP contribution in [0.25, 0.3) is 0 Å². The van der Waals surface area contributed by atoms with Crippen LogP contribution in [0.4, 0.5) is 5.69 Å². The van der Waals surface area contributed by atoms with Crippen molar-refractivity contribution < 1.29 is 14.3 Å². The SMILES string of the molecule is Cc1ccc(C)c(NC(=O)CSC2=C(C#N)C(c3ccc(OCc4ccccc4)cc3)C3=C(CCCC3=O)N2)c1. The number of rotatable bonds is 8. The number of thioether (sulfide) groups is 1. The molecule has 0 spiro atoms. The fourth-order valence-corrected chi connectivity index (χ4v) is 5.92. The highest BCUT2D eigenvalue weighted by atomic mass is 32.2. The molecule has 6 nitrogen and oxygen atoms in total. The zero-order valence-corrected chi connectivity index (χ0v) is 23.4. The summed E-state index contributed by atoms with van der Waals surface area (Å²) in [4.78, 5) is 26.0. The minimum absolute atomic E-state index is 0.0626. The third kappa shape index (κ3) is 6.13. The third-order valence-electron chi connectivity index (χ3n) is 7.14. The summed E-state index contributed by atoms with van der Waals surface area (Å²) < 4.78 is 5.95. The maximum absolute atomic E-state index is 13.1. The minimum Gasteiger partial charge on any atom is -0.489 e. The van der Waals surface area contributed by atoms with Crippen molar-refractivity contribution in [2.24, 2.45) is 0 Å². The van der Waals surface area contributed by atoms with Gasteiger partial charge in [0.05, 0.1) is 28.3 Å². The predicted molar refractivity (Wildman–Crippen MR) is 159 cm³/mol. The molecule has 202 valence electrons. The minimum atomic E-state index is -0.484. The summed E-state index contributed by atoms with van der Waals surface area (Å²) in [5, 5.41) is 17.2. The number of carbonyl (C=O) groups excluding carboxylic acids is 2. The van der Waals surface area contributed by atoms with Gasteiger partial charge in [0.2, 0.25) is 5.91 Å². The van der Waals surface area contributed by atoms with Crippen LogP contribution in [-0.4, -0.2) is 17.4 Å². The summed E-state index contributed by atoms with van der Waals surface area (Å²) in [6.07, 6.45) is 1.96. The van der Waals surface area contributed by atoms with Crippen molar-refractivity contribution in [2.75, 3.05) is 11.1 Å². The molecule has 0 fully saturated rings. The second-order valence-corrected chi connectivity index (χ2v) is 11.1. The summed E-state index contributed by atoms with van der Waals surface area (Å²) in [6.45, 7) is 4.39. The number of hydrogen-bond donors (Lipinski definition) is 2. The quantitative estimate of drug-likeness (QED) is 0.326. The van der Waals surface area contributed by atoms with Gasteiger partial charge in [-0.15, -0.1) is 0 Å². The average Bonchev–Trinajstić information content (AvgIpc) is 2.97. The molecule has 7 heteroatoms. The first-order chi connectivity index (χ1) is 19.4. The van der Waals surface area contributed by atoms with E-state index < -0.39 is 5.92 Å². The van der Waals surface area contributed by atoms with Crippen molar-refractivity contribution in [3.63, 3.8) is 0 Å². The topological polar surface area (TPSA) is 91.2 Å². The molecule has 0 saturated carbocycles. The molecule has 1 atom stereocenters. The maximum atomic E-state index is 13.1. The standard InChI is InChI=1S/C33H31N3O3S/c1-21-11-12-22(2)28(17-21)35-30(38)20-40-33-26(18-34)31(32-27(36-33)9-6-10-29(32)37)24-13-15-25(16-14-24)39-19-23-7-4-3-5-8-23/h3-5,7-8,11-17,31,36H,6,9-10,19-20H2,1-2H3,(H,35,38). The summed E-state index contributed by atoms with van der Waals surface area (Å²) in [6, 6.07) is 25.9. The highest BCUT2D eigenvalue weighted by Gasteiger charge is 2.37. The average molecular weight is 550 g/mol. The van der Waals surface area contributed by atoms with E-state index in [-0.39, 0.29) is 17.4 Å². The molecule has 5 rings (SSSR count). The van der Waals surface area contributed by atoms with E-state index in [9.17, 15) is 14.9 Å². The molecule has 40 heavy (non-hydrogen) atoms. The highest BCUT2D eigenvalue weighted by molar-refractivity contribution is 8.03. The third-order valence-corrected chi connectivity index (χ3v) is 8.16. The van der Waals surface area contributed by atoms with Gasteiger partial charge in [-0.05, 0) is 67.1 Å². The largest absolute Gasteiger partial charge is 0.489 e. The molecule has 3 aromatic rings. The molecule has 1 heterocycles. The number of allylic oxidation sites excluding steroid dienone is 3. The summed E-state index contributed by atoms with van der Waals surface area (Å²) in [5.41, 5.74) is 6.73. The van der Waals surface area contributed by atoms with Crippen molar-refractivity contribution in [2.45, 2.75) is 45.6 Å². The predicted octanol–water partition coefficient (Wildman–Crippen LogP) is 6.68. The number of anilines is 1. The number of dihydropyridines is 1. The summed E-state index contributed by atoms with van der Waals surface area (Å²) >= 11 is 1.30. The fourth-order valence-electron chi connectivity index (χ4n) is 5.06. The van der Waals surface area contributed by atoms with E-state index in [0.29, 0.717) is 35.0 Å². The Labute approximate surface area is 239 Å². The molecule has 2 N–H and O–H groups in total. The molecular formula is C33H31N3O3S. The van der Waals surface area contributed by atoms with Crippen molar-refractivity contribution in [1.29, 1.82) is 5.26 Å².